The number of nitrogens with one attached hydrogen (secondary N) is 1. The fourth-order valence-electron chi connectivity index (χ4n) is 2.56. The van der Waals surface area contributed by atoms with Gasteiger partial charge in [0, 0.05) is 41.9 Å². The van der Waals surface area contributed by atoms with Crippen LogP contribution in [0.25, 0.3) is 11.0 Å². The largest absolute Gasteiger partial charge is 0.345 e. The Morgan fingerprint density at radius 1 is 1.48 bits per heavy atom. The van der Waals surface area contributed by atoms with Crippen LogP contribution in [0.2, 0.25) is 0 Å². The molecule has 5 nitrogen and oxygen atoms in total. The molecule has 0 unspecified atom stereocenters. The predicted molar refractivity (Wildman–Crippen MR) is 85.9 cm³/mol. The number of fused-ring (bicyclic) bond motifs is 1. The topological polar surface area (TPSA) is 66.1 Å². The maximum absolute atomic E-state index is 12.9. The minimum absolute atomic E-state index is 0.333. The first-order chi connectivity index (χ1) is 10.00. The van der Waals surface area contributed by atoms with Gasteiger partial charge in [0.1, 0.15) is 10.5 Å². The van der Waals surface area contributed by atoms with Gasteiger partial charge in [0.25, 0.3) is 0 Å². The molecule has 114 valence electrons. The molecule has 7 heteroatoms. The Morgan fingerprint density at radius 2 is 2.29 bits per heavy atom. The number of pyridine rings is 1. The number of aromatic amines is 1. The summed E-state index contributed by atoms with van der Waals surface area (Å²) in [7, 11) is -3.46. The summed E-state index contributed by atoms with van der Waals surface area (Å²) in [4.78, 5) is 7.44. The lowest BCUT2D eigenvalue weighted by atomic mass is 10.1. The van der Waals surface area contributed by atoms with E-state index in [-0.39, 0.29) is 0 Å². The van der Waals surface area contributed by atoms with E-state index in [1.807, 2.05) is 11.8 Å². The Kier molecular flexibility index (Phi) is 3.98. The van der Waals surface area contributed by atoms with E-state index in [1.54, 1.807) is 28.8 Å². The van der Waals surface area contributed by atoms with E-state index in [2.05, 4.69) is 23.8 Å². The molecule has 0 aromatic carbocycles. The number of hydrogen-bond acceptors (Lipinski definition) is 4. The molecule has 0 bridgehead atoms. The Balaban J connectivity index is 1.96. The number of H-pyrrole nitrogens is 1. The maximum atomic E-state index is 12.9. The van der Waals surface area contributed by atoms with Crippen molar-refractivity contribution >= 4 is 32.8 Å². The van der Waals surface area contributed by atoms with Gasteiger partial charge in [-0.2, -0.15) is 16.1 Å². The zero-order chi connectivity index (χ0) is 15.0. The molecule has 1 fully saturated rings. The zero-order valence-corrected chi connectivity index (χ0v) is 13.7. The van der Waals surface area contributed by atoms with Crippen molar-refractivity contribution in [1.82, 2.24) is 14.3 Å². The number of hydrogen-bond donors (Lipinski definition) is 1. The summed E-state index contributed by atoms with van der Waals surface area (Å²) < 4.78 is 27.4. The normalized spacial score (nSPS) is 21.2. The van der Waals surface area contributed by atoms with Gasteiger partial charge in [-0.3, -0.25) is 0 Å². The lowest BCUT2D eigenvalue weighted by molar-refractivity contribution is 0.392. The van der Waals surface area contributed by atoms with Crippen LogP contribution in [0, 0.1) is 5.92 Å². The maximum Gasteiger partial charge on any atom is 0.245 e. The molecule has 0 aliphatic carbocycles. The Morgan fingerprint density at radius 3 is 3.05 bits per heavy atom. The summed E-state index contributed by atoms with van der Waals surface area (Å²) in [5, 5.41) is 1.02. The molecule has 1 N–H and O–H groups in total. The monoisotopic (exact) mass is 325 g/mol. The first kappa shape index (κ1) is 14.9. The summed E-state index contributed by atoms with van der Waals surface area (Å²) in [6.07, 6.45) is 3.21. The van der Waals surface area contributed by atoms with Gasteiger partial charge in [-0.05, 0) is 18.1 Å². The van der Waals surface area contributed by atoms with Crippen LogP contribution in [0.1, 0.15) is 13.8 Å². The fourth-order valence-corrected chi connectivity index (χ4v) is 5.68. The lowest BCUT2D eigenvalue weighted by Crippen LogP contribution is -2.43. The second-order valence-corrected chi connectivity index (χ2v) is 8.82. The summed E-state index contributed by atoms with van der Waals surface area (Å²) in [5.74, 6) is 1.32. The lowest BCUT2D eigenvalue weighted by Gasteiger charge is -2.33. The minimum atomic E-state index is -3.46. The standard InChI is InChI=1S/C14H19N3O2S2/c1-10(2)12-9-17(6-7-20-12)21(18,19)13-8-16-14-11(13)4-3-5-15-14/h3-5,8,10,12H,6-7,9H2,1-2H3,(H,15,16)/t12-/m0/s1. The molecule has 21 heavy (non-hydrogen) atoms. The Bertz CT molecular complexity index is 740. The molecule has 0 radical (unpaired) electrons. The Hall–Kier alpha value is -1.05. The number of aromatic nitrogens is 2. The van der Waals surface area contributed by atoms with Crippen LogP contribution in [0.5, 0.6) is 0 Å². The smallest absolute Gasteiger partial charge is 0.245 e. The van der Waals surface area contributed by atoms with E-state index in [1.165, 1.54) is 0 Å². The molecule has 3 rings (SSSR count). The van der Waals surface area contributed by atoms with Crippen LogP contribution in [-0.4, -0.2) is 46.8 Å². The van der Waals surface area contributed by atoms with Gasteiger partial charge in [0.05, 0.1) is 0 Å². The fraction of sp³-hybridized carbons (Fsp3) is 0.500. The molecule has 3 heterocycles. The number of rotatable bonds is 3. The summed E-state index contributed by atoms with van der Waals surface area (Å²) >= 11 is 1.87. The van der Waals surface area contributed by atoms with E-state index in [0.29, 0.717) is 40.2 Å². The second-order valence-electron chi connectivity index (χ2n) is 5.57. The molecule has 2 aromatic heterocycles. The van der Waals surface area contributed by atoms with E-state index in [9.17, 15) is 8.42 Å². The average molecular weight is 325 g/mol. The van der Waals surface area contributed by atoms with Crippen molar-refractivity contribution in [1.29, 1.82) is 0 Å². The second kappa shape index (κ2) is 5.62. The van der Waals surface area contributed by atoms with Crippen LogP contribution in [-0.2, 0) is 10.0 Å². The molecule has 2 aromatic rings. The van der Waals surface area contributed by atoms with Gasteiger partial charge in [-0.15, -0.1) is 0 Å². The third kappa shape index (κ3) is 2.69. The van der Waals surface area contributed by atoms with E-state index < -0.39 is 10.0 Å². The minimum Gasteiger partial charge on any atom is -0.345 e. The number of sulfonamides is 1. The molecule has 1 saturated heterocycles. The third-order valence-corrected chi connectivity index (χ3v) is 7.28. The summed E-state index contributed by atoms with van der Waals surface area (Å²) in [5.41, 5.74) is 0.614. The highest BCUT2D eigenvalue weighted by atomic mass is 32.2. The highest BCUT2D eigenvalue weighted by Gasteiger charge is 2.33. The third-order valence-electron chi connectivity index (χ3n) is 3.83. The first-order valence-electron chi connectivity index (χ1n) is 7.04. The van der Waals surface area contributed by atoms with Crippen LogP contribution in [0.4, 0.5) is 0 Å². The van der Waals surface area contributed by atoms with Crippen LogP contribution in [0.3, 0.4) is 0 Å². The van der Waals surface area contributed by atoms with Gasteiger partial charge >= 0.3 is 0 Å². The molecular weight excluding hydrogens is 306 g/mol. The van der Waals surface area contributed by atoms with E-state index in [0.717, 1.165) is 5.75 Å². The van der Waals surface area contributed by atoms with E-state index >= 15 is 0 Å². The van der Waals surface area contributed by atoms with Gasteiger partial charge < -0.3 is 4.98 Å². The van der Waals surface area contributed by atoms with Gasteiger partial charge in [-0.25, -0.2) is 13.4 Å². The molecule has 0 spiro atoms. The van der Waals surface area contributed by atoms with Crippen molar-refractivity contribution in [2.24, 2.45) is 5.92 Å². The molecule has 0 amide bonds. The van der Waals surface area contributed by atoms with Gasteiger partial charge in [-0.1, -0.05) is 13.8 Å². The average Bonchev–Trinajstić information content (AvgIpc) is 2.92. The van der Waals surface area contributed by atoms with Gasteiger partial charge in [0.15, 0.2) is 0 Å². The number of thioether (sulfide) groups is 1. The predicted octanol–water partition coefficient (Wildman–Crippen LogP) is 2.33. The quantitative estimate of drug-likeness (QED) is 0.940. The zero-order valence-electron chi connectivity index (χ0n) is 12.1. The van der Waals surface area contributed by atoms with Crippen molar-refractivity contribution < 1.29 is 8.42 Å². The molecule has 1 aliphatic rings. The molecule has 0 saturated carbocycles. The van der Waals surface area contributed by atoms with Gasteiger partial charge in [0.2, 0.25) is 10.0 Å². The Labute approximate surface area is 129 Å². The van der Waals surface area contributed by atoms with E-state index in [4.69, 9.17) is 0 Å². The number of nitrogens with zero attached hydrogens (tertiary/aromatic N) is 2. The van der Waals surface area contributed by atoms with Crippen LogP contribution >= 0.6 is 11.8 Å². The van der Waals surface area contributed by atoms with Crippen molar-refractivity contribution in [3.8, 4) is 0 Å². The highest BCUT2D eigenvalue weighted by molar-refractivity contribution is 8.00. The van der Waals surface area contributed by atoms with Crippen LogP contribution in [0.15, 0.2) is 29.4 Å². The molecule has 1 atom stereocenters. The van der Waals surface area contributed by atoms with Crippen molar-refractivity contribution in [3.63, 3.8) is 0 Å². The van der Waals surface area contributed by atoms with Crippen molar-refractivity contribution in [3.05, 3.63) is 24.5 Å². The molecular formula is C14H19N3O2S2. The highest BCUT2D eigenvalue weighted by Crippen LogP contribution is 2.30. The summed E-state index contributed by atoms with van der Waals surface area (Å²) in [6, 6.07) is 3.56. The van der Waals surface area contributed by atoms with Crippen molar-refractivity contribution in [2.45, 2.75) is 24.0 Å². The first-order valence-corrected chi connectivity index (χ1v) is 9.53. The van der Waals surface area contributed by atoms with Crippen molar-refractivity contribution in [2.75, 3.05) is 18.8 Å². The van der Waals surface area contributed by atoms with Crippen LogP contribution < -0.4 is 0 Å². The summed E-state index contributed by atoms with van der Waals surface area (Å²) in [6.45, 7) is 5.44. The molecule has 1 aliphatic heterocycles. The SMILES string of the molecule is CC(C)[C@@H]1CN(S(=O)(=O)c2c[nH]c3ncccc23)CCS1.